The number of nitrogens with zero attached hydrogens (tertiary/aromatic N) is 3. The smallest absolute Gasteiger partial charge is 0.313 e. The molecule has 0 spiro atoms. The predicted molar refractivity (Wildman–Crippen MR) is 44.8 cm³/mol. The second kappa shape index (κ2) is 3.90. The summed E-state index contributed by atoms with van der Waals surface area (Å²) >= 11 is 0.834. The van der Waals surface area contributed by atoms with E-state index in [0.717, 1.165) is 22.6 Å². The number of nitrogen functional groups attached to an aromatic ring is 1. The maximum atomic E-state index is 10.9. The minimum absolute atomic E-state index is 0.0786. The van der Waals surface area contributed by atoms with E-state index in [4.69, 9.17) is 10.9 Å². The molecule has 70 valence electrons. The van der Waals surface area contributed by atoms with Gasteiger partial charge in [0, 0.05) is 0 Å². The highest BCUT2D eigenvalue weighted by Crippen LogP contribution is 2.09. The van der Waals surface area contributed by atoms with Crippen LogP contribution in [-0.2, 0) is 4.79 Å². The lowest BCUT2D eigenvalue weighted by atomic mass is 10.8. The molecule has 3 N–H and O–H groups in total. The topological polar surface area (TPSA) is 111 Å². The van der Waals surface area contributed by atoms with Crippen molar-refractivity contribution in [2.24, 2.45) is 0 Å². The van der Waals surface area contributed by atoms with E-state index in [1.165, 1.54) is 0 Å². The van der Waals surface area contributed by atoms with Crippen LogP contribution in [0.2, 0.25) is 0 Å². The summed E-state index contributed by atoms with van der Waals surface area (Å²) in [5.41, 5.74) is -0.525. The van der Waals surface area contributed by atoms with E-state index in [-0.39, 0.29) is 10.9 Å². The molecule has 0 aliphatic carbocycles. The zero-order valence-electron chi connectivity index (χ0n) is 6.38. The average molecular weight is 202 g/mol. The maximum absolute atomic E-state index is 10.9. The van der Waals surface area contributed by atoms with Gasteiger partial charge in [-0.25, -0.2) is 0 Å². The van der Waals surface area contributed by atoms with Crippen molar-refractivity contribution in [2.45, 2.75) is 5.16 Å². The highest BCUT2D eigenvalue weighted by molar-refractivity contribution is 7.99. The fourth-order valence-corrected chi connectivity index (χ4v) is 1.14. The quantitative estimate of drug-likeness (QED) is 0.454. The van der Waals surface area contributed by atoms with Crippen LogP contribution in [0.5, 0.6) is 0 Å². The van der Waals surface area contributed by atoms with Crippen molar-refractivity contribution in [1.29, 1.82) is 0 Å². The fraction of sp³-hybridized carbons (Fsp3) is 0.200. The molecule has 0 fully saturated rings. The van der Waals surface area contributed by atoms with Crippen LogP contribution >= 0.6 is 11.8 Å². The number of aromatic nitrogens is 3. The molecule has 13 heavy (non-hydrogen) atoms. The standard InChI is InChI=1S/C5H6N4O3S/c6-9-3(10)1-7-8-5(9)13-2-4(11)12/h1H,2,6H2,(H,11,12). The molecular weight excluding hydrogens is 196 g/mol. The second-order valence-corrected chi connectivity index (χ2v) is 2.96. The van der Waals surface area contributed by atoms with E-state index in [1.54, 1.807) is 0 Å². The van der Waals surface area contributed by atoms with Crippen molar-refractivity contribution in [3.8, 4) is 0 Å². The number of hydrogen-bond donors (Lipinski definition) is 2. The van der Waals surface area contributed by atoms with Crippen LogP contribution in [0.4, 0.5) is 0 Å². The van der Waals surface area contributed by atoms with Crippen LogP contribution in [-0.4, -0.2) is 31.7 Å². The van der Waals surface area contributed by atoms with Crippen molar-refractivity contribution < 1.29 is 9.90 Å². The van der Waals surface area contributed by atoms with Crippen LogP contribution < -0.4 is 11.4 Å². The highest BCUT2D eigenvalue weighted by Gasteiger charge is 2.05. The van der Waals surface area contributed by atoms with E-state index in [1.807, 2.05) is 0 Å². The molecule has 0 saturated heterocycles. The van der Waals surface area contributed by atoms with Crippen LogP contribution in [0.15, 0.2) is 16.1 Å². The van der Waals surface area contributed by atoms with Gasteiger partial charge in [0.25, 0.3) is 5.56 Å². The molecule has 0 aliphatic rings. The summed E-state index contributed by atoms with van der Waals surface area (Å²) in [4.78, 5) is 21.0. The van der Waals surface area contributed by atoms with Crippen molar-refractivity contribution in [1.82, 2.24) is 14.9 Å². The maximum Gasteiger partial charge on any atom is 0.313 e. The van der Waals surface area contributed by atoms with Crippen molar-refractivity contribution in [2.75, 3.05) is 11.6 Å². The van der Waals surface area contributed by atoms with Gasteiger partial charge in [0.15, 0.2) is 0 Å². The third kappa shape index (κ3) is 2.44. The summed E-state index contributed by atoms with van der Waals surface area (Å²) in [6.45, 7) is 0. The number of aliphatic carboxylic acids is 1. The monoisotopic (exact) mass is 202 g/mol. The molecule has 1 aromatic rings. The molecule has 0 aromatic carbocycles. The molecule has 1 heterocycles. The summed E-state index contributed by atoms with van der Waals surface area (Å²) in [7, 11) is 0. The Labute approximate surface area is 76.5 Å². The summed E-state index contributed by atoms with van der Waals surface area (Å²) in [6, 6.07) is 0. The molecule has 1 aromatic heterocycles. The molecule has 0 aliphatic heterocycles. The van der Waals surface area contributed by atoms with Gasteiger partial charge in [0.05, 0.1) is 5.75 Å². The third-order valence-electron chi connectivity index (χ3n) is 1.08. The SMILES string of the molecule is Nn1c(SCC(=O)O)nncc1=O. The second-order valence-electron chi connectivity index (χ2n) is 2.02. The minimum Gasteiger partial charge on any atom is -0.481 e. The number of rotatable bonds is 3. The zero-order valence-corrected chi connectivity index (χ0v) is 7.19. The van der Waals surface area contributed by atoms with Crippen LogP contribution in [0.25, 0.3) is 0 Å². The number of thioether (sulfide) groups is 1. The first-order chi connectivity index (χ1) is 6.11. The van der Waals surface area contributed by atoms with Gasteiger partial charge < -0.3 is 10.9 Å². The Morgan fingerprint density at radius 3 is 3.08 bits per heavy atom. The Morgan fingerprint density at radius 1 is 1.77 bits per heavy atom. The lowest BCUT2D eigenvalue weighted by molar-refractivity contribution is -0.133. The van der Waals surface area contributed by atoms with Gasteiger partial charge in [0.1, 0.15) is 6.20 Å². The number of nitrogens with two attached hydrogens (primary N) is 1. The normalized spacial score (nSPS) is 9.85. The first-order valence-electron chi connectivity index (χ1n) is 3.15. The van der Waals surface area contributed by atoms with Crippen molar-refractivity contribution in [3.05, 3.63) is 16.6 Å². The van der Waals surface area contributed by atoms with Gasteiger partial charge in [-0.3, -0.25) is 9.59 Å². The van der Waals surface area contributed by atoms with Crippen molar-refractivity contribution >= 4 is 17.7 Å². The molecule has 0 unspecified atom stereocenters. The molecule has 8 heteroatoms. The van der Waals surface area contributed by atoms with Gasteiger partial charge in [0.2, 0.25) is 5.16 Å². The highest BCUT2D eigenvalue weighted by atomic mass is 32.2. The Morgan fingerprint density at radius 2 is 2.46 bits per heavy atom. The van der Waals surface area contributed by atoms with Gasteiger partial charge in [-0.2, -0.15) is 9.77 Å². The van der Waals surface area contributed by atoms with E-state index >= 15 is 0 Å². The zero-order chi connectivity index (χ0) is 9.84. The molecule has 0 amide bonds. The van der Waals surface area contributed by atoms with Crippen LogP contribution in [0.3, 0.4) is 0 Å². The molecule has 0 radical (unpaired) electrons. The van der Waals surface area contributed by atoms with Gasteiger partial charge >= 0.3 is 5.97 Å². The third-order valence-corrected chi connectivity index (χ3v) is 2.01. The predicted octanol–water partition coefficient (Wildman–Crippen LogP) is -1.47. The number of carboxylic acids is 1. The van der Waals surface area contributed by atoms with Crippen molar-refractivity contribution in [3.63, 3.8) is 0 Å². The van der Waals surface area contributed by atoms with E-state index in [9.17, 15) is 9.59 Å². The Balaban J connectivity index is 2.83. The summed E-state index contributed by atoms with van der Waals surface area (Å²) in [5, 5.41) is 15.3. The molecule has 7 nitrogen and oxygen atoms in total. The lowest BCUT2D eigenvalue weighted by Gasteiger charge is -2.01. The lowest BCUT2D eigenvalue weighted by Crippen LogP contribution is -2.29. The van der Waals surface area contributed by atoms with E-state index in [0.29, 0.717) is 0 Å². The molecular formula is C5H6N4O3S. The molecule has 0 saturated carbocycles. The summed E-state index contributed by atoms with van der Waals surface area (Å²) < 4.78 is 0.751. The van der Waals surface area contributed by atoms with Crippen LogP contribution in [0.1, 0.15) is 0 Å². The Hall–Kier alpha value is -1.57. The Bertz CT molecular complexity index is 376. The van der Waals surface area contributed by atoms with Gasteiger partial charge in [-0.1, -0.05) is 11.8 Å². The minimum atomic E-state index is -1.01. The first kappa shape index (κ1) is 9.52. The fourth-order valence-electron chi connectivity index (χ4n) is 0.557. The largest absolute Gasteiger partial charge is 0.481 e. The summed E-state index contributed by atoms with van der Waals surface area (Å²) in [6.07, 6.45) is 0.949. The molecule has 1 rings (SSSR count). The first-order valence-corrected chi connectivity index (χ1v) is 4.14. The van der Waals surface area contributed by atoms with Gasteiger partial charge in [-0.05, 0) is 0 Å². The number of carboxylic acid groups (broad SMARTS) is 1. The number of carbonyl (C=O) groups is 1. The average Bonchev–Trinajstić information content (AvgIpc) is 2.07. The molecule has 0 atom stereocenters. The van der Waals surface area contributed by atoms with Gasteiger partial charge in [-0.15, -0.1) is 5.10 Å². The number of hydrogen-bond acceptors (Lipinski definition) is 6. The summed E-state index contributed by atoms with van der Waals surface area (Å²) in [5.74, 6) is 4.03. The van der Waals surface area contributed by atoms with E-state index < -0.39 is 11.5 Å². The molecule has 0 bridgehead atoms. The van der Waals surface area contributed by atoms with E-state index in [2.05, 4.69) is 10.2 Å². The Kier molecular flexibility index (Phi) is 2.85. The van der Waals surface area contributed by atoms with Crippen LogP contribution in [0, 0.1) is 0 Å².